The molecular weight excluding hydrogens is 266 g/mol. The fraction of sp³-hybridized carbons (Fsp3) is 0.417. The van der Waals surface area contributed by atoms with Crippen molar-refractivity contribution in [2.45, 2.75) is 17.4 Å². The maximum absolute atomic E-state index is 12.5. The van der Waals surface area contributed by atoms with Crippen LogP contribution in [0.5, 0.6) is 0 Å². The van der Waals surface area contributed by atoms with Crippen LogP contribution in [0.25, 0.3) is 0 Å². The molecule has 1 aromatic carbocycles. The molecule has 6 nitrogen and oxygen atoms in total. The molecule has 1 heterocycles. The molecule has 1 aromatic rings. The third-order valence-electron chi connectivity index (χ3n) is 3.20. The highest BCUT2D eigenvalue weighted by molar-refractivity contribution is 7.89. The van der Waals surface area contributed by atoms with Crippen molar-refractivity contribution < 1.29 is 13.2 Å². The Balaban J connectivity index is 2.42. The van der Waals surface area contributed by atoms with Gasteiger partial charge in [-0.1, -0.05) is 0 Å². The summed E-state index contributed by atoms with van der Waals surface area (Å²) in [5.74, 6) is 0. The van der Waals surface area contributed by atoms with E-state index in [0.29, 0.717) is 25.3 Å². The van der Waals surface area contributed by atoms with Crippen LogP contribution in [0.3, 0.4) is 0 Å². The van der Waals surface area contributed by atoms with Crippen molar-refractivity contribution in [3.8, 4) is 6.07 Å². The molecule has 2 rings (SSSR count). The molecule has 0 amide bonds. The minimum absolute atomic E-state index is 0.0152. The minimum atomic E-state index is -3.71. The average Bonchev–Trinajstić information content (AvgIpc) is 2.91. The van der Waals surface area contributed by atoms with Crippen LogP contribution < -0.4 is 5.73 Å². The molecule has 0 aliphatic carbocycles. The first-order valence-corrected chi connectivity index (χ1v) is 7.26. The van der Waals surface area contributed by atoms with Crippen molar-refractivity contribution >= 4 is 15.7 Å². The van der Waals surface area contributed by atoms with Gasteiger partial charge in [0, 0.05) is 19.3 Å². The molecule has 0 bridgehead atoms. The second kappa shape index (κ2) is 5.17. The van der Waals surface area contributed by atoms with Gasteiger partial charge in [-0.05, 0) is 24.6 Å². The predicted octanol–water partition coefficient (Wildman–Crippen LogP) is 0.550. The summed E-state index contributed by atoms with van der Waals surface area (Å²) in [4.78, 5) is -0.0152. The number of rotatable bonds is 3. The Labute approximate surface area is 112 Å². The Morgan fingerprint density at radius 2 is 2.26 bits per heavy atom. The van der Waals surface area contributed by atoms with Crippen molar-refractivity contribution in [2.24, 2.45) is 0 Å². The average molecular weight is 281 g/mol. The van der Waals surface area contributed by atoms with E-state index in [-0.39, 0.29) is 16.5 Å². The van der Waals surface area contributed by atoms with Gasteiger partial charge in [-0.25, -0.2) is 8.42 Å². The van der Waals surface area contributed by atoms with Crippen LogP contribution in [-0.4, -0.2) is 39.0 Å². The number of nitrogens with two attached hydrogens (primary N) is 1. The standard InChI is InChI=1S/C12H15N3O3S/c1-15(11-4-5-18-8-11)19(16,17)12-3-2-10(14)6-9(12)7-13/h2-3,6,11H,4-5,8,14H2,1H3. The summed E-state index contributed by atoms with van der Waals surface area (Å²) in [6.45, 7) is 0.934. The van der Waals surface area contributed by atoms with Gasteiger partial charge in [0.15, 0.2) is 0 Å². The highest BCUT2D eigenvalue weighted by Crippen LogP contribution is 2.24. The molecule has 1 aliphatic rings. The van der Waals surface area contributed by atoms with Crippen LogP contribution in [0.1, 0.15) is 12.0 Å². The Morgan fingerprint density at radius 3 is 2.84 bits per heavy atom. The van der Waals surface area contributed by atoms with Gasteiger partial charge < -0.3 is 10.5 Å². The molecule has 1 atom stereocenters. The summed E-state index contributed by atoms with van der Waals surface area (Å²) < 4.78 is 31.4. The lowest BCUT2D eigenvalue weighted by atomic mass is 10.2. The lowest BCUT2D eigenvalue weighted by molar-refractivity contribution is 0.181. The molecule has 102 valence electrons. The molecule has 1 saturated heterocycles. The zero-order chi connectivity index (χ0) is 14.0. The largest absolute Gasteiger partial charge is 0.399 e. The lowest BCUT2D eigenvalue weighted by Crippen LogP contribution is -2.37. The third kappa shape index (κ3) is 2.56. The quantitative estimate of drug-likeness (QED) is 0.816. The molecule has 1 fully saturated rings. The highest BCUT2D eigenvalue weighted by atomic mass is 32.2. The summed E-state index contributed by atoms with van der Waals surface area (Å²) in [5.41, 5.74) is 5.99. The lowest BCUT2D eigenvalue weighted by Gasteiger charge is -2.23. The molecule has 0 radical (unpaired) electrons. The zero-order valence-corrected chi connectivity index (χ0v) is 11.4. The third-order valence-corrected chi connectivity index (χ3v) is 5.17. The zero-order valence-electron chi connectivity index (χ0n) is 10.5. The van der Waals surface area contributed by atoms with Crippen molar-refractivity contribution in [2.75, 3.05) is 26.0 Å². The maximum atomic E-state index is 12.5. The SMILES string of the molecule is CN(C1CCOC1)S(=O)(=O)c1ccc(N)cc1C#N. The molecule has 7 heteroatoms. The Morgan fingerprint density at radius 1 is 1.53 bits per heavy atom. The Kier molecular flexibility index (Phi) is 3.75. The van der Waals surface area contributed by atoms with Crippen molar-refractivity contribution in [1.29, 1.82) is 5.26 Å². The monoisotopic (exact) mass is 281 g/mol. The molecule has 1 aliphatic heterocycles. The molecule has 1 unspecified atom stereocenters. The van der Waals surface area contributed by atoms with Gasteiger partial charge in [0.05, 0.1) is 18.2 Å². The number of hydrogen-bond donors (Lipinski definition) is 1. The summed E-state index contributed by atoms with van der Waals surface area (Å²) >= 11 is 0. The first-order chi connectivity index (χ1) is 8.96. The van der Waals surface area contributed by atoms with Crippen molar-refractivity contribution in [1.82, 2.24) is 4.31 Å². The number of hydrogen-bond acceptors (Lipinski definition) is 5. The first kappa shape index (κ1) is 13.8. The van der Waals surface area contributed by atoms with E-state index in [1.54, 1.807) is 0 Å². The molecule has 0 saturated carbocycles. The van der Waals surface area contributed by atoms with Crippen LogP contribution in [0.4, 0.5) is 5.69 Å². The smallest absolute Gasteiger partial charge is 0.244 e. The normalized spacial score (nSPS) is 19.5. The Hall–Kier alpha value is -1.62. The molecule has 2 N–H and O–H groups in total. The number of sulfonamides is 1. The number of likely N-dealkylation sites (N-methyl/N-ethyl adjacent to an activating group) is 1. The van der Waals surface area contributed by atoms with E-state index >= 15 is 0 Å². The summed E-state index contributed by atoms with van der Waals surface area (Å²) in [6.07, 6.45) is 0.659. The highest BCUT2D eigenvalue weighted by Gasteiger charge is 2.32. The van der Waals surface area contributed by atoms with Gasteiger partial charge in [-0.15, -0.1) is 0 Å². The number of anilines is 1. The minimum Gasteiger partial charge on any atom is -0.399 e. The van der Waals surface area contributed by atoms with Gasteiger partial charge in [0.25, 0.3) is 0 Å². The molecule has 19 heavy (non-hydrogen) atoms. The number of benzene rings is 1. The van der Waals surface area contributed by atoms with E-state index in [4.69, 9.17) is 15.7 Å². The van der Waals surface area contributed by atoms with Crippen LogP contribution >= 0.6 is 0 Å². The number of nitrogens with zero attached hydrogens (tertiary/aromatic N) is 2. The topological polar surface area (TPSA) is 96.4 Å². The van der Waals surface area contributed by atoms with Crippen LogP contribution in [0.2, 0.25) is 0 Å². The van der Waals surface area contributed by atoms with Gasteiger partial charge in [-0.2, -0.15) is 9.57 Å². The molecule has 0 spiro atoms. The second-order valence-electron chi connectivity index (χ2n) is 4.41. The summed E-state index contributed by atoms with van der Waals surface area (Å²) in [5, 5.41) is 9.04. The van der Waals surface area contributed by atoms with E-state index < -0.39 is 10.0 Å². The van der Waals surface area contributed by atoms with Gasteiger partial charge >= 0.3 is 0 Å². The maximum Gasteiger partial charge on any atom is 0.244 e. The Bertz CT molecular complexity index is 616. The van der Waals surface area contributed by atoms with E-state index in [2.05, 4.69) is 0 Å². The van der Waals surface area contributed by atoms with Crippen LogP contribution in [0.15, 0.2) is 23.1 Å². The van der Waals surface area contributed by atoms with E-state index in [1.807, 2.05) is 6.07 Å². The fourth-order valence-corrected chi connectivity index (χ4v) is 3.51. The van der Waals surface area contributed by atoms with Crippen molar-refractivity contribution in [3.63, 3.8) is 0 Å². The van der Waals surface area contributed by atoms with E-state index in [1.165, 1.54) is 29.6 Å². The number of nitrogen functional groups attached to an aromatic ring is 1. The number of ether oxygens (including phenoxy) is 1. The van der Waals surface area contributed by atoms with E-state index in [0.717, 1.165) is 0 Å². The van der Waals surface area contributed by atoms with E-state index in [9.17, 15) is 8.42 Å². The predicted molar refractivity (Wildman–Crippen MR) is 69.7 cm³/mol. The first-order valence-electron chi connectivity index (χ1n) is 5.82. The summed E-state index contributed by atoms with van der Waals surface area (Å²) in [7, 11) is -2.20. The van der Waals surface area contributed by atoms with Gasteiger partial charge in [0.2, 0.25) is 10.0 Å². The second-order valence-corrected chi connectivity index (χ2v) is 6.37. The van der Waals surface area contributed by atoms with Crippen molar-refractivity contribution in [3.05, 3.63) is 23.8 Å². The molecular formula is C12H15N3O3S. The fourth-order valence-electron chi connectivity index (χ4n) is 2.02. The molecule has 0 aromatic heterocycles. The number of nitriles is 1. The van der Waals surface area contributed by atoms with Gasteiger partial charge in [0.1, 0.15) is 11.0 Å². The van der Waals surface area contributed by atoms with Crippen LogP contribution in [-0.2, 0) is 14.8 Å². The van der Waals surface area contributed by atoms with Gasteiger partial charge in [-0.3, -0.25) is 0 Å². The summed E-state index contributed by atoms with van der Waals surface area (Å²) in [6, 6.07) is 5.90. The van der Waals surface area contributed by atoms with Crippen LogP contribution in [0, 0.1) is 11.3 Å².